The number of halogens is 3. The highest BCUT2D eigenvalue weighted by Crippen LogP contribution is 2.30. The van der Waals surface area contributed by atoms with Crippen molar-refractivity contribution in [1.29, 1.82) is 0 Å². The summed E-state index contributed by atoms with van der Waals surface area (Å²) in [6, 6.07) is 4.73. The molecule has 2 rings (SSSR count). The Balaban J connectivity index is 2.19. The molecule has 19 heavy (non-hydrogen) atoms. The van der Waals surface area contributed by atoms with Gasteiger partial charge in [0.2, 0.25) is 5.91 Å². The predicted molar refractivity (Wildman–Crippen MR) is 65.2 cm³/mol. The molecule has 0 atom stereocenters. The lowest BCUT2D eigenvalue weighted by atomic mass is 10.1. The Bertz CT molecular complexity index is 544. The molecule has 0 aliphatic carbocycles. The maximum absolute atomic E-state index is 12.4. The van der Waals surface area contributed by atoms with Gasteiger partial charge < -0.3 is 10.6 Å². The first-order chi connectivity index (χ1) is 8.88. The van der Waals surface area contributed by atoms with E-state index in [1.165, 1.54) is 12.1 Å². The number of amides is 1. The molecule has 100 valence electrons. The summed E-state index contributed by atoms with van der Waals surface area (Å²) in [5, 5.41) is 0. The topological polar surface area (TPSA) is 46.3 Å². The second-order valence-electron chi connectivity index (χ2n) is 4.07. The summed E-state index contributed by atoms with van der Waals surface area (Å²) in [5.74, 6) is -0.540. The normalized spacial score (nSPS) is 15.3. The zero-order chi connectivity index (χ0) is 14.0. The summed E-state index contributed by atoms with van der Waals surface area (Å²) in [5.41, 5.74) is 5.44. The molecule has 0 radical (unpaired) electrons. The van der Waals surface area contributed by atoms with Crippen molar-refractivity contribution in [3.8, 4) is 0 Å². The Morgan fingerprint density at radius 2 is 1.84 bits per heavy atom. The zero-order valence-corrected chi connectivity index (χ0v) is 9.82. The first-order valence-electron chi connectivity index (χ1n) is 5.49. The van der Waals surface area contributed by atoms with Crippen LogP contribution in [0.5, 0.6) is 0 Å². The highest BCUT2D eigenvalue weighted by atomic mass is 19.4. The average Bonchev–Trinajstić information content (AvgIpc) is 2.38. The van der Waals surface area contributed by atoms with Gasteiger partial charge >= 0.3 is 6.18 Å². The van der Waals surface area contributed by atoms with Crippen molar-refractivity contribution in [2.75, 3.05) is 11.4 Å². The van der Waals surface area contributed by atoms with Crippen molar-refractivity contribution in [3.05, 3.63) is 53.8 Å². The van der Waals surface area contributed by atoms with E-state index < -0.39 is 17.6 Å². The van der Waals surface area contributed by atoms with Gasteiger partial charge in [-0.25, -0.2) is 0 Å². The van der Waals surface area contributed by atoms with Crippen LogP contribution in [0.2, 0.25) is 0 Å². The lowest BCUT2D eigenvalue weighted by Gasteiger charge is -2.23. The number of primary amides is 1. The highest BCUT2D eigenvalue weighted by molar-refractivity contribution is 5.93. The van der Waals surface area contributed by atoms with E-state index in [-0.39, 0.29) is 6.54 Å². The number of hydrogen-bond donors (Lipinski definition) is 1. The Morgan fingerprint density at radius 3 is 2.37 bits per heavy atom. The van der Waals surface area contributed by atoms with Gasteiger partial charge in [-0.3, -0.25) is 4.79 Å². The van der Waals surface area contributed by atoms with Crippen molar-refractivity contribution in [2.45, 2.75) is 6.18 Å². The van der Waals surface area contributed by atoms with Crippen LogP contribution in [0.3, 0.4) is 0 Å². The van der Waals surface area contributed by atoms with Crippen LogP contribution in [0.4, 0.5) is 18.9 Å². The molecule has 6 heteroatoms. The molecule has 0 saturated carbocycles. The standard InChI is InChI=1S/C13H11F3N2O/c14-13(15,16)10-3-5-11(6-4-10)18-7-1-2-9(8-18)12(17)19/h1-7H,8H2,(H2,17,19). The third-order valence-corrected chi connectivity index (χ3v) is 2.75. The van der Waals surface area contributed by atoms with Crippen LogP contribution in [0.15, 0.2) is 48.2 Å². The van der Waals surface area contributed by atoms with Crippen molar-refractivity contribution in [3.63, 3.8) is 0 Å². The maximum Gasteiger partial charge on any atom is 0.416 e. The number of anilines is 1. The molecule has 2 N–H and O–H groups in total. The second-order valence-corrected chi connectivity index (χ2v) is 4.07. The molecule has 0 aromatic heterocycles. The summed E-state index contributed by atoms with van der Waals surface area (Å²) in [6.07, 6.45) is 0.535. The van der Waals surface area contributed by atoms with E-state index >= 15 is 0 Å². The van der Waals surface area contributed by atoms with Gasteiger partial charge in [0.15, 0.2) is 0 Å². The molecule has 3 nitrogen and oxygen atoms in total. The lowest BCUT2D eigenvalue weighted by molar-refractivity contribution is -0.137. The van der Waals surface area contributed by atoms with E-state index in [2.05, 4.69) is 0 Å². The van der Waals surface area contributed by atoms with Crippen LogP contribution in [0.25, 0.3) is 0 Å². The molecule has 1 amide bonds. The molecule has 0 saturated heterocycles. The van der Waals surface area contributed by atoms with Gasteiger partial charge in [0.25, 0.3) is 0 Å². The minimum Gasteiger partial charge on any atom is -0.366 e. The van der Waals surface area contributed by atoms with Gasteiger partial charge in [-0.15, -0.1) is 0 Å². The summed E-state index contributed by atoms with van der Waals surface area (Å²) in [4.78, 5) is 12.7. The molecule has 0 fully saturated rings. The van der Waals surface area contributed by atoms with Crippen LogP contribution in [0, 0.1) is 0 Å². The minimum absolute atomic E-state index is 0.247. The third kappa shape index (κ3) is 2.96. The summed E-state index contributed by atoms with van der Waals surface area (Å²) in [6.45, 7) is 0.247. The summed E-state index contributed by atoms with van der Waals surface area (Å²) in [7, 11) is 0. The fourth-order valence-corrected chi connectivity index (χ4v) is 1.73. The van der Waals surface area contributed by atoms with Crippen molar-refractivity contribution in [2.24, 2.45) is 5.73 Å². The molecule has 0 bridgehead atoms. The second kappa shape index (κ2) is 4.79. The van der Waals surface area contributed by atoms with Gasteiger partial charge in [0.1, 0.15) is 0 Å². The van der Waals surface area contributed by atoms with E-state index in [4.69, 9.17) is 5.73 Å². The number of rotatable bonds is 2. The van der Waals surface area contributed by atoms with Gasteiger partial charge in [-0.05, 0) is 30.3 Å². The maximum atomic E-state index is 12.4. The van der Waals surface area contributed by atoms with E-state index in [0.29, 0.717) is 11.3 Å². The first kappa shape index (κ1) is 13.2. The smallest absolute Gasteiger partial charge is 0.366 e. The SMILES string of the molecule is NC(=O)C1=CC=CN(c2ccc(C(F)(F)F)cc2)C1. The van der Waals surface area contributed by atoms with Crippen LogP contribution in [0.1, 0.15) is 5.56 Å². The Morgan fingerprint density at radius 1 is 1.21 bits per heavy atom. The van der Waals surface area contributed by atoms with Crippen LogP contribution in [-0.4, -0.2) is 12.5 Å². The highest BCUT2D eigenvalue weighted by Gasteiger charge is 2.30. The molecule has 0 spiro atoms. The number of nitrogens with two attached hydrogens (primary N) is 1. The fourth-order valence-electron chi connectivity index (χ4n) is 1.73. The van der Waals surface area contributed by atoms with Crippen molar-refractivity contribution < 1.29 is 18.0 Å². The van der Waals surface area contributed by atoms with E-state index in [9.17, 15) is 18.0 Å². The molecular weight excluding hydrogens is 257 g/mol. The molecule has 1 aromatic rings. The molecular formula is C13H11F3N2O. The fraction of sp³-hybridized carbons (Fsp3) is 0.154. The largest absolute Gasteiger partial charge is 0.416 e. The number of alkyl halides is 3. The molecule has 1 aliphatic heterocycles. The lowest BCUT2D eigenvalue weighted by Crippen LogP contribution is -2.28. The number of allylic oxidation sites excluding steroid dienone is 2. The summed E-state index contributed by atoms with van der Waals surface area (Å²) < 4.78 is 37.3. The number of carbonyl (C=O) groups is 1. The average molecular weight is 268 g/mol. The predicted octanol–water partition coefficient (Wildman–Crippen LogP) is 2.45. The molecule has 1 heterocycles. The quantitative estimate of drug-likeness (QED) is 0.895. The van der Waals surface area contributed by atoms with E-state index in [0.717, 1.165) is 12.1 Å². The Kier molecular flexibility index (Phi) is 3.33. The van der Waals surface area contributed by atoms with E-state index in [1.807, 2.05) is 0 Å². The van der Waals surface area contributed by atoms with Crippen molar-refractivity contribution in [1.82, 2.24) is 0 Å². The van der Waals surface area contributed by atoms with Crippen LogP contribution >= 0.6 is 0 Å². The van der Waals surface area contributed by atoms with Gasteiger partial charge in [0.05, 0.1) is 12.1 Å². The first-order valence-corrected chi connectivity index (χ1v) is 5.49. The molecule has 1 aliphatic rings. The van der Waals surface area contributed by atoms with Crippen LogP contribution in [-0.2, 0) is 11.0 Å². The zero-order valence-electron chi connectivity index (χ0n) is 9.82. The number of hydrogen-bond acceptors (Lipinski definition) is 2. The molecule has 1 aromatic carbocycles. The van der Waals surface area contributed by atoms with Gasteiger partial charge in [-0.2, -0.15) is 13.2 Å². The molecule has 0 unspecified atom stereocenters. The number of nitrogens with zero attached hydrogens (tertiary/aromatic N) is 1. The number of carbonyl (C=O) groups excluding carboxylic acids is 1. The van der Waals surface area contributed by atoms with Crippen LogP contribution < -0.4 is 10.6 Å². The summed E-state index contributed by atoms with van der Waals surface area (Å²) >= 11 is 0. The minimum atomic E-state index is -4.35. The van der Waals surface area contributed by atoms with E-state index in [1.54, 1.807) is 23.3 Å². The van der Waals surface area contributed by atoms with Gasteiger partial charge in [-0.1, -0.05) is 6.08 Å². The number of benzene rings is 1. The third-order valence-electron chi connectivity index (χ3n) is 2.75. The van der Waals surface area contributed by atoms with Gasteiger partial charge in [0, 0.05) is 17.5 Å². The Labute approximate surface area is 107 Å². The Hall–Kier alpha value is -2.24. The monoisotopic (exact) mass is 268 g/mol. The van der Waals surface area contributed by atoms with Crippen molar-refractivity contribution >= 4 is 11.6 Å².